The van der Waals surface area contributed by atoms with Gasteiger partial charge in [-0.05, 0) is 37.3 Å². The van der Waals surface area contributed by atoms with Crippen LogP contribution in [0.1, 0.15) is 37.7 Å². The third-order valence-corrected chi connectivity index (χ3v) is 4.96. The van der Waals surface area contributed by atoms with E-state index in [0.29, 0.717) is 18.0 Å². The van der Waals surface area contributed by atoms with Gasteiger partial charge in [-0.2, -0.15) is 0 Å². The number of nitrogens with one attached hydrogen (secondary N) is 1. The van der Waals surface area contributed by atoms with Crippen LogP contribution in [0.4, 0.5) is 0 Å². The van der Waals surface area contributed by atoms with E-state index in [2.05, 4.69) is 19.2 Å². The first kappa shape index (κ1) is 12.4. The van der Waals surface area contributed by atoms with Crippen molar-refractivity contribution in [2.45, 2.75) is 38.8 Å². The lowest BCUT2D eigenvalue weighted by Crippen LogP contribution is -2.36. The minimum atomic E-state index is -0.442. The lowest BCUT2D eigenvalue weighted by Gasteiger charge is -2.21. The van der Waals surface area contributed by atoms with Gasteiger partial charge in [-0.15, -0.1) is 11.3 Å². The molecule has 0 spiro atoms. The molecular formula is C12H18ClNOS. The molecule has 0 radical (unpaired) electrons. The van der Waals surface area contributed by atoms with Crippen molar-refractivity contribution in [1.29, 1.82) is 0 Å². The molecule has 2 N–H and O–H groups in total. The number of rotatable bonds is 5. The van der Waals surface area contributed by atoms with Crippen molar-refractivity contribution < 1.29 is 5.11 Å². The minimum Gasteiger partial charge on any atom is -0.386 e. The third-order valence-electron chi connectivity index (χ3n) is 3.62. The molecule has 1 aromatic rings. The second kappa shape index (κ2) is 4.65. The Hall–Kier alpha value is -0.0900. The van der Waals surface area contributed by atoms with E-state index in [9.17, 15) is 5.11 Å². The summed E-state index contributed by atoms with van der Waals surface area (Å²) in [5.74, 6) is 0. The Morgan fingerprint density at radius 2 is 2.25 bits per heavy atom. The molecule has 1 heterocycles. The average Bonchev–Trinajstić information content (AvgIpc) is 2.85. The minimum absolute atomic E-state index is 0.442. The zero-order valence-electron chi connectivity index (χ0n) is 9.66. The molecule has 0 amide bonds. The molecular weight excluding hydrogens is 242 g/mol. The third kappa shape index (κ3) is 2.77. The molecule has 0 aliphatic heterocycles. The van der Waals surface area contributed by atoms with Crippen LogP contribution in [0, 0.1) is 5.41 Å². The zero-order chi connectivity index (χ0) is 11.8. The highest BCUT2D eigenvalue weighted by atomic mass is 35.5. The quantitative estimate of drug-likeness (QED) is 0.851. The zero-order valence-corrected chi connectivity index (χ0v) is 11.2. The molecule has 0 saturated heterocycles. The Labute approximate surface area is 106 Å². The fraction of sp³-hybridized carbons (Fsp3) is 0.667. The molecule has 4 heteroatoms. The molecule has 16 heavy (non-hydrogen) atoms. The van der Waals surface area contributed by atoms with Crippen LogP contribution in [-0.2, 0) is 0 Å². The van der Waals surface area contributed by atoms with Crippen molar-refractivity contribution in [2.24, 2.45) is 5.41 Å². The first-order valence-corrected chi connectivity index (χ1v) is 6.87. The predicted octanol–water partition coefficient (Wildman–Crippen LogP) is 3.21. The Bertz CT molecular complexity index is 362. The lowest BCUT2D eigenvalue weighted by molar-refractivity contribution is 0.168. The molecule has 1 aliphatic rings. The van der Waals surface area contributed by atoms with Crippen LogP contribution in [0.15, 0.2) is 12.1 Å². The molecule has 0 aromatic carbocycles. The van der Waals surface area contributed by atoms with Gasteiger partial charge in [0.25, 0.3) is 0 Å². The van der Waals surface area contributed by atoms with Gasteiger partial charge >= 0.3 is 0 Å². The maximum atomic E-state index is 9.96. The highest BCUT2D eigenvalue weighted by Gasteiger charge is 2.42. The Kier molecular flexibility index (Phi) is 3.59. The summed E-state index contributed by atoms with van der Waals surface area (Å²) < 4.78 is 0.733. The molecule has 1 saturated carbocycles. The van der Waals surface area contributed by atoms with Crippen molar-refractivity contribution in [3.8, 4) is 0 Å². The fourth-order valence-electron chi connectivity index (χ4n) is 1.77. The monoisotopic (exact) mass is 259 g/mol. The van der Waals surface area contributed by atoms with Gasteiger partial charge in [-0.25, -0.2) is 0 Å². The number of aliphatic hydroxyl groups is 1. The van der Waals surface area contributed by atoms with Crippen LogP contribution in [0.2, 0.25) is 4.34 Å². The van der Waals surface area contributed by atoms with Crippen molar-refractivity contribution in [2.75, 3.05) is 6.54 Å². The largest absolute Gasteiger partial charge is 0.386 e. The van der Waals surface area contributed by atoms with Gasteiger partial charge in [-0.1, -0.05) is 18.5 Å². The maximum Gasteiger partial charge on any atom is 0.101 e. The van der Waals surface area contributed by atoms with Gasteiger partial charge in [0.15, 0.2) is 0 Å². The Morgan fingerprint density at radius 1 is 1.56 bits per heavy atom. The summed E-state index contributed by atoms with van der Waals surface area (Å²) in [5.41, 5.74) is 0.451. The van der Waals surface area contributed by atoms with Gasteiger partial charge < -0.3 is 10.4 Å². The summed E-state index contributed by atoms with van der Waals surface area (Å²) in [4.78, 5) is 0.936. The van der Waals surface area contributed by atoms with Crippen LogP contribution >= 0.6 is 22.9 Å². The van der Waals surface area contributed by atoms with Gasteiger partial charge in [0.05, 0.1) is 4.34 Å². The molecule has 2 nitrogen and oxygen atoms in total. The molecule has 2 rings (SSSR count). The highest BCUT2D eigenvalue weighted by molar-refractivity contribution is 7.16. The van der Waals surface area contributed by atoms with E-state index in [0.717, 1.165) is 9.21 Å². The topological polar surface area (TPSA) is 32.3 Å². The molecule has 2 atom stereocenters. The molecule has 1 aliphatic carbocycles. The van der Waals surface area contributed by atoms with E-state index in [1.807, 2.05) is 12.1 Å². The van der Waals surface area contributed by atoms with Crippen molar-refractivity contribution in [1.82, 2.24) is 5.32 Å². The molecule has 1 fully saturated rings. The van der Waals surface area contributed by atoms with E-state index in [-0.39, 0.29) is 0 Å². The summed E-state index contributed by atoms with van der Waals surface area (Å²) in [6.45, 7) is 5.09. The number of halogens is 1. The van der Waals surface area contributed by atoms with Gasteiger partial charge in [0.2, 0.25) is 0 Å². The second-order valence-corrected chi connectivity index (χ2v) is 6.69. The van der Waals surface area contributed by atoms with Crippen LogP contribution < -0.4 is 5.32 Å². The van der Waals surface area contributed by atoms with Crippen LogP contribution in [-0.4, -0.2) is 17.7 Å². The van der Waals surface area contributed by atoms with Crippen molar-refractivity contribution >= 4 is 22.9 Å². The summed E-state index contributed by atoms with van der Waals surface area (Å²) >= 11 is 7.28. The molecule has 1 aromatic heterocycles. The summed E-state index contributed by atoms with van der Waals surface area (Å²) in [7, 11) is 0. The normalized spacial score (nSPS) is 21.8. The second-order valence-electron chi connectivity index (χ2n) is 4.94. The molecule has 2 unspecified atom stereocenters. The standard InChI is InChI=1S/C12H18ClNOS/c1-8(12(2)5-6-12)14-7-9(15)10-3-4-11(13)16-10/h3-4,8-9,14-15H,5-7H2,1-2H3. The van der Waals surface area contributed by atoms with Gasteiger partial charge in [0, 0.05) is 17.5 Å². The summed E-state index contributed by atoms with van der Waals surface area (Å²) in [6.07, 6.45) is 2.15. The predicted molar refractivity (Wildman–Crippen MR) is 69.1 cm³/mol. The number of hydrogen-bond acceptors (Lipinski definition) is 3. The van der Waals surface area contributed by atoms with Crippen LogP contribution in [0.3, 0.4) is 0 Å². The first-order valence-electron chi connectivity index (χ1n) is 5.68. The summed E-state index contributed by atoms with van der Waals surface area (Å²) in [6, 6.07) is 4.19. The maximum absolute atomic E-state index is 9.96. The molecule has 0 bridgehead atoms. The number of aliphatic hydroxyl groups excluding tert-OH is 1. The van der Waals surface area contributed by atoms with E-state index in [1.165, 1.54) is 24.2 Å². The summed E-state index contributed by atoms with van der Waals surface area (Å²) in [5, 5.41) is 13.4. The molecule has 90 valence electrons. The number of thiophene rings is 1. The van der Waals surface area contributed by atoms with Crippen LogP contribution in [0.5, 0.6) is 0 Å². The van der Waals surface area contributed by atoms with Crippen molar-refractivity contribution in [3.05, 3.63) is 21.3 Å². The van der Waals surface area contributed by atoms with E-state index in [4.69, 9.17) is 11.6 Å². The smallest absolute Gasteiger partial charge is 0.101 e. The highest BCUT2D eigenvalue weighted by Crippen LogP contribution is 2.47. The van der Waals surface area contributed by atoms with Gasteiger partial charge in [0.1, 0.15) is 6.10 Å². The van der Waals surface area contributed by atoms with Gasteiger partial charge in [-0.3, -0.25) is 0 Å². The Morgan fingerprint density at radius 3 is 2.75 bits per heavy atom. The van der Waals surface area contributed by atoms with E-state index < -0.39 is 6.10 Å². The van der Waals surface area contributed by atoms with E-state index in [1.54, 1.807) is 0 Å². The first-order chi connectivity index (χ1) is 7.51. The fourth-order valence-corrected chi connectivity index (χ4v) is 2.82. The van der Waals surface area contributed by atoms with E-state index >= 15 is 0 Å². The van der Waals surface area contributed by atoms with Crippen LogP contribution in [0.25, 0.3) is 0 Å². The SMILES string of the molecule is CC(NCC(O)c1ccc(Cl)s1)C1(C)CC1. The Balaban J connectivity index is 1.81. The number of hydrogen-bond donors (Lipinski definition) is 2. The van der Waals surface area contributed by atoms with Crippen molar-refractivity contribution in [3.63, 3.8) is 0 Å². The average molecular weight is 260 g/mol. The lowest BCUT2D eigenvalue weighted by atomic mass is 10.0.